The molecule has 2 aliphatic rings. The van der Waals surface area contributed by atoms with Gasteiger partial charge in [-0.1, -0.05) is 0 Å². The molecule has 1 aromatic carbocycles. The van der Waals surface area contributed by atoms with Gasteiger partial charge in [-0.05, 0) is 51.7 Å². The van der Waals surface area contributed by atoms with Crippen LogP contribution in [0.2, 0.25) is 0 Å². The average Bonchev–Trinajstić information content (AvgIpc) is 3.48. The van der Waals surface area contributed by atoms with Crippen LogP contribution in [-0.4, -0.2) is 48.1 Å². The third kappa shape index (κ3) is 3.86. The maximum Gasteiger partial charge on any atom is 0.414 e. The first-order valence-electron chi connectivity index (χ1n) is 10.5. The van der Waals surface area contributed by atoms with Gasteiger partial charge in [0.2, 0.25) is 0 Å². The zero-order chi connectivity index (χ0) is 21.3. The highest BCUT2D eigenvalue weighted by Gasteiger charge is 2.32. The van der Waals surface area contributed by atoms with E-state index in [4.69, 9.17) is 9.47 Å². The molecule has 1 saturated carbocycles. The lowest BCUT2D eigenvalue weighted by Gasteiger charge is -2.35. The van der Waals surface area contributed by atoms with Crippen LogP contribution in [0.4, 0.5) is 10.5 Å². The Morgan fingerprint density at radius 3 is 2.77 bits per heavy atom. The molecule has 4 rings (SSSR count). The van der Waals surface area contributed by atoms with Crippen molar-refractivity contribution in [3.8, 4) is 16.9 Å². The van der Waals surface area contributed by atoms with Crippen LogP contribution in [0.5, 0.6) is 5.75 Å². The van der Waals surface area contributed by atoms with Gasteiger partial charge in [-0.2, -0.15) is 5.10 Å². The molecule has 8 heteroatoms. The summed E-state index contributed by atoms with van der Waals surface area (Å²) in [5, 5.41) is 7.26. The number of carbonyl (C=O) groups excluding carboxylic acids is 2. The molecule has 1 atom stereocenters. The van der Waals surface area contributed by atoms with E-state index in [1.165, 1.54) is 7.11 Å². The monoisotopic (exact) mass is 412 g/mol. The Bertz CT molecular complexity index is 951. The summed E-state index contributed by atoms with van der Waals surface area (Å²) in [6, 6.07) is 4.37. The smallest absolute Gasteiger partial charge is 0.414 e. The minimum Gasteiger partial charge on any atom is -0.483 e. The van der Waals surface area contributed by atoms with Gasteiger partial charge in [-0.3, -0.25) is 14.4 Å². The number of hydrogen-bond acceptors (Lipinski definition) is 5. The first kappa shape index (κ1) is 20.3. The van der Waals surface area contributed by atoms with Gasteiger partial charge in [0.05, 0.1) is 25.0 Å². The lowest BCUT2D eigenvalue weighted by molar-refractivity contribution is -0.122. The second kappa shape index (κ2) is 8.38. The maximum atomic E-state index is 12.4. The van der Waals surface area contributed by atoms with Crippen molar-refractivity contribution in [3.63, 3.8) is 0 Å². The van der Waals surface area contributed by atoms with Crippen LogP contribution in [0.15, 0.2) is 24.5 Å². The number of rotatable bonds is 6. The van der Waals surface area contributed by atoms with Gasteiger partial charge in [0, 0.05) is 35.5 Å². The zero-order valence-corrected chi connectivity index (χ0v) is 17.7. The third-order valence-corrected chi connectivity index (χ3v) is 5.67. The van der Waals surface area contributed by atoms with E-state index >= 15 is 0 Å². The summed E-state index contributed by atoms with van der Waals surface area (Å²) in [5.41, 5.74) is 3.51. The summed E-state index contributed by atoms with van der Waals surface area (Å²) in [4.78, 5) is 26.2. The molecule has 1 aliphatic carbocycles. The van der Waals surface area contributed by atoms with Crippen molar-refractivity contribution in [2.45, 2.75) is 51.6 Å². The molecule has 8 nitrogen and oxygen atoms in total. The lowest BCUT2D eigenvalue weighted by Crippen LogP contribution is -2.42. The van der Waals surface area contributed by atoms with Gasteiger partial charge in [-0.15, -0.1) is 0 Å². The summed E-state index contributed by atoms with van der Waals surface area (Å²) in [6.45, 7) is 4.34. The Morgan fingerprint density at radius 1 is 1.27 bits per heavy atom. The van der Waals surface area contributed by atoms with E-state index in [1.54, 1.807) is 4.90 Å². The summed E-state index contributed by atoms with van der Waals surface area (Å²) >= 11 is 0. The van der Waals surface area contributed by atoms with Crippen molar-refractivity contribution < 1.29 is 19.1 Å². The average molecular weight is 412 g/mol. The van der Waals surface area contributed by atoms with Crippen molar-refractivity contribution in [2.24, 2.45) is 0 Å². The van der Waals surface area contributed by atoms with Gasteiger partial charge >= 0.3 is 6.09 Å². The highest BCUT2D eigenvalue weighted by atomic mass is 16.5. The second-order valence-electron chi connectivity index (χ2n) is 7.85. The molecule has 2 heterocycles. The van der Waals surface area contributed by atoms with Crippen molar-refractivity contribution in [1.29, 1.82) is 0 Å². The molecule has 2 aromatic rings. The number of aromatic nitrogens is 2. The van der Waals surface area contributed by atoms with E-state index in [1.807, 2.05) is 43.1 Å². The number of nitrogens with one attached hydrogen (secondary N) is 1. The van der Waals surface area contributed by atoms with Crippen molar-refractivity contribution in [3.05, 3.63) is 30.1 Å². The van der Waals surface area contributed by atoms with Crippen LogP contribution in [0.25, 0.3) is 11.1 Å². The van der Waals surface area contributed by atoms with Crippen LogP contribution in [0.3, 0.4) is 0 Å². The topological polar surface area (TPSA) is 85.7 Å². The number of anilines is 1. The van der Waals surface area contributed by atoms with Crippen LogP contribution in [0, 0.1) is 0 Å². The highest BCUT2D eigenvalue weighted by molar-refractivity contribution is 5.92. The molecule has 1 aromatic heterocycles. The molecule has 1 N–H and O–H groups in total. The fourth-order valence-electron chi connectivity index (χ4n) is 3.98. The Morgan fingerprint density at radius 2 is 2.07 bits per heavy atom. The SMILES string of the molecule is CCNC(=O)COc1c(-c2cnn(C3CC3)c2)ccc2c1CC[C@H](C)N2C(=O)OC. The number of nitrogens with zero attached hydrogens (tertiary/aromatic N) is 3. The number of methoxy groups -OCH3 is 1. The normalized spacial score (nSPS) is 18.0. The number of likely N-dealkylation sites (N-methyl/N-ethyl adjacent to an activating group) is 1. The quantitative estimate of drug-likeness (QED) is 0.787. The van der Waals surface area contributed by atoms with E-state index in [-0.39, 0.29) is 18.6 Å². The molecule has 1 aliphatic heterocycles. The minimum atomic E-state index is -0.396. The Balaban J connectivity index is 1.75. The first-order chi connectivity index (χ1) is 14.5. The minimum absolute atomic E-state index is 0.0182. The van der Waals surface area contributed by atoms with Crippen LogP contribution >= 0.6 is 0 Å². The van der Waals surface area contributed by atoms with Gasteiger partial charge in [0.25, 0.3) is 5.91 Å². The number of fused-ring (bicyclic) bond motifs is 1. The molecule has 0 unspecified atom stereocenters. The van der Waals surface area contributed by atoms with Crippen LogP contribution < -0.4 is 15.0 Å². The van der Waals surface area contributed by atoms with E-state index in [9.17, 15) is 9.59 Å². The zero-order valence-electron chi connectivity index (χ0n) is 17.7. The van der Waals surface area contributed by atoms with Crippen LogP contribution in [0.1, 0.15) is 44.7 Å². The summed E-state index contributed by atoms with van der Waals surface area (Å²) < 4.78 is 13.1. The third-order valence-electron chi connectivity index (χ3n) is 5.67. The molecular weight excluding hydrogens is 384 g/mol. The summed E-state index contributed by atoms with van der Waals surface area (Å²) in [5.74, 6) is 0.457. The maximum absolute atomic E-state index is 12.4. The molecule has 0 radical (unpaired) electrons. The van der Waals surface area contributed by atoms with Crippen molar-refractivity contribution in [2.75, 3.05) is 25.2 Å². The van der Waals surface area contributed by atoms with Gasteiger partial charge in [0.15, 0.2) is 6.61 Å². The van der Waals surface area contributed by atoms with Gasteiger partial charge in [0.1, 0.15) is 5.75 Å². The van der Waals surface area contributed by atoms with Gasteiger partial charge < -0.3 is 14.8 Å². The van der Waals surface area contributed by atoms with Crippen LogP contribution in [-0.2, 0) is 16.0 Å². The van der Waals surface area contributed by atoms with E-state index in [0.29, 0.717) is 18.3 Å². The predicted molar refractivity (Wildman–Crippen MR) is 113 cm³/mol. The molecule has 30 heavy (non-hydrogen) atoms. The molecule has 160 valence electrons. The standard InChI is InChI=1S/C22H28N4O4/c1-4-23-20(27)13-30-21-17(15-11-24-25(12-15)16-6-7-16)9-10-19-18(21)8-5-14(2)26(19)22(28)29-3/h9-12,14,16H,4-8,13H2,1-3H3,(H,23,27)/t14-/m0/s1. The van der Waals surface area contributed by atoms with Gasteiger partial charge in [-0.25, -0.2) is 4.79 Å². The van der Waals surface area contributed by atoms with E-state index in [2.05, 4.69) is 10.4 Å². The fourth-order valence-corrected chi connectivity index (χ4v) is 3.98. The van der Waals surface area contributed by atoms with Crippen molar-refractivity contribution >= 4 is 17.7 Å². The predicted octanol–water partition coefficient (Wildman–Crippen LogP) is 3.31. The molecule has 0 bridgehead atoms. The number of amides is 2. The Kier molecular flexibility index (Phi) is 5.65. The first-order valence-corrected chi connectivity index (χ1v) is 10.5. The molecular formula is C22H28N4O4. The van der Waals surface area contributed by atoms with E-state index in [0.717, 1.165) is 48.1 Å². The fraction of sp³-hybridized carbons (Fsp3) is 0.500. The summed E-state index contributed by atoms with van der Waals surface area (Å²) in [7, 11) is 1.39. The summed E-state index contributed by atoms with van der Waals surface area (Å²) in [6.07, 6.45) is 7.30. The molecule has 0 spiro atoms. The largest absolute Gasteiger partial charge is 0.483 e. The highest BCUT2D eigenvalue weighted by Crippen LogP contribution is 2.44. The number of carbonyl (C=O) groups is 2. The number of benzene rings is 1. The number of ether oxygens (including phenoxy) is 2. The van der Waals surface area contributed by atoms with E-state index < -0.39 is 6.09 Å². The van der Waals surface area contributed by atoms with Crippen molar-refractivity contribution in [1.82, 2.24) is 15.1 Å². The second-order valence-corrected chi connectivity index (χ2v) is 7.85. The Hall–Kier alpha value is -3.03. The molecule has 2 amide bonds. The lowest BCUT2D eigenvalue weighted by atomic mass is 9.92. The number of hydrogen-bond donors (Lipinski definition) is 1. The molecule has 1 fully saturated rings. The Labute approximate surface area is 176 Å². The molecule has 0 saturated heterocycles.